The Labute approximate surface area is 116 Å². The Bertz CT molecular complexity index is 742. The van der Waals surface area contributed by atoms with E-state index in [9.17, 15) is 0 Å². The van der Waals surface area contributed by atoms with Crippen LogP contribution in [0, 0.1) is 0 Å². The zero-order valence-corrected chi connectivity index (χ0v) is 10.9. The average Bonchev–Trinajstić information content (AvgIpc) is 2.49. The standard InChI is InChI=1S/C15H13N3O2/c1-19-10-2-4-12-13(8-10)17-7-6-14(12)20-11-3-5-15(16)18-9-11/h2-9H,1H3,(H2,16,18). The second-order valence-corrected chi connectivity index (χ2v) is 4.21. The van der Waals surface area contributed by atoms with Crippen LogP contribution in [0.4, 0.5) is 5.82 Å². The van der Waals surface area contributed by atoms with E-state index >= 15 is 0 Å². The van der Waals surface area contributed by atoms with Gasteiger partial charge in [0.05, 0.1) is 18.8 Å². The lowest BCUT2D eigenvalue weighted by atomic mass is 10.2. The van der Waals surface area contributed by atoms with Crippen molar-refractivity contribution in [3.05, 3.63) is 48.8 Å². The van der Waals surface area contributed by atoms with Crippen molar-refractivity contribution in [3.63, 3.8) is 0 Å². The van der Waals surface area contributed by atoms with Crippen LogP contribution < -0.4 is 15.2 Å². The van der Waals surface area contributed by atoms with Crippen molar-refractivity contribution >= 4 is 16.7 Å². The zero-order chi connectivity index (χ0) is 13.9. The molecule has 20 heavy (non-hydrogen) atoms. The van der Waals surface area contributed by atoms with Crippen molar-refractivity contribution in [1.82, 2.24) is 9.97 Å². The summed E-state index contributed by atoms with van der Waals surface area (Å²) in [5, 5.41) is 0.908. The van der Waals surface area contributed by atoms with Gasteiger partial charge in [0.1, 0.15) is 23.1 Å². The molecule has 0 saturated heterocycles. The van der Waals surface area contributed by atoms with E-state index in [0.29, 0.717) is 17.3 Å². The first-order valence-electron chi connectivity index (χ1n) is 6.08. The average molecular weight is 267 g/mol. The monoisotopic (exact) mass is 267 g/mol. The Morgan fingerprint density at radius 3 is 2.60 bits per heavy atom. The maximum Gasteiger partial charge on any atom is 0.145 e. The first-order valence-corrected chi connectivity index (χ1v) is 6.08. The number of nitrogens with two attached hydrogens (primary N) is 1. The number of nitrogens with zero attached hydrogens (tertiary/aromatic N) is 2. The Morgan fingerprint density at radius 2 is 1.85 bits per heavy atom. The van der Waals surface area contributed by atoms with Crippen molar-refractivity contribution in [1.29, 1.82) is 0 Å². The minimum absolute atomic E-state index is 0.460. The Morgan fingerprint density at radius 1 is 1.00 bits per heavy atom. The minimum Gasteiger partial charge on any atom is -0.497 e. The molecule has 5 heteroatoms. The Kier molecular flexibility index (Phi) is 3.09. The number of benzene rings is 1. The van der Waals surface area contributed by atoms with Crippen molar-refractivity contribution in [2.75, 3.05) is 12.8 Å². The van der Waals surface area contributed by atoms with Gasteiger partial charge in [-0.25, -0.2) is 4.98 Å². The number of anilines is 1. The summed E-state index contributed by atoms with van der Waals surface area (Å²) in [6.07, 6.45) is 3.28. The van der Waals surface area contributed by atoms with E-state index in [4.69, 9.17) is 15.2 Å². The number of pyridine rings is 2. The number of aromatic nitrogens is 2. The fraction of sp³-hybridized carbons (Fsp3) is 0.0667. The van der Waals surface area contributed by atoms with Crippen LogP contribution in [-0.2, 0) is 0 Å². The van der Waals surface area contributed by atoms with Crippen LogP contribution in [0.2, 0.25) is 0 Å². The van der Waals surface area contributed by atoms with E-state index in [0.717, 1.165) is 16.7 Å². The molecular weight excluding hydrogens is 254 g/mol. The van der Waals surface area contributed by atoms with Crippen LogP contribution in [0.1, 0.15) is 0 Å². The van der Waals surface area contributed by atoms with E-state index in [-0.39, 0.29) is 0 Å². The quantitative estimate of drug-likeness (QED) is 0.789. The molecule has 0 aliphatic rings. The Balaban J connectivity index is 2.01. The summed E-state index contributed by atoms with van der Waals surface area (Å²) in [5.41, 5.74) is 6.36. The van der Waals surface area contributed by atoms with E-state index in [1.807, 2.05) is 24.3 Å². The van der Waals surface area contributed by atoms with Crippen LogP contribution in [0.5, 0.6) is 17.2 Å². The molecule has 0 amide bonds. The molecular formula is C15H13N3O2. The third kappa shape index (κ3) is 2.33. The highest BCUT2D eigenvalue weighted by molar-refractivity contribution is 5.86. The van der Waals surface area contributed by atoms with Crippen LogP contribution in [-0.4, -0.2) is 17.1 Å². The molecule has 3 aromatic rings. The molecule has 1 aromatic carbocycles. The maximum atomic E-state index is 5.82. The molecule has 0 aliphatic carbocycles. The lowest BCUT2D eigenvalue weighted by molar-refractivity contribution is 0.415. The summed E-state index contributed by atoms with van der Waals surface area (Å²) < 4.78 is 11.0. The van der Waals surface area contributed by atoms with E-state index in [1.165, 1.54) is 0 Å². The van der Waals surface area contributed by atoms with Crippen molar-refractivity contribution in [3.8, 4) is 17.2 Å². The van der Waals surface area contributed by atoms with Crippen molar-refractivity contribution in [2.24, 2.45) is 0 Å². The molecule has 100 valence electrons. The van der Waals surface area contributed by atoms with E-state index < -0.39 is 0 Å². The van der Waals surface area contributed by atoms with Gasteiger partial charge in [0.15, 0.2) is 0 Å². The lowest BCUT2D eigenvalue weighted by Gasteiger charge is -2.09. The van der Waals surface area contributed by atoms with Gasteiger partial charge in [0.25, 0.3) is 0 Å². The van der Waals surface area contributed by atoms with Gasteiger partial charge in [-0.05, 0) is 30.3 Å². The normalized spacial score (nSPS) is 10.4. The first-order chi connectivity index (χ1) is 9.76. The zero-order valence-electron chi connectivity index (χ0n) is 10.9. The summed E-state index contributed by atoms with van der Waals surface area (Å²) in [7, 11) is 1.63. The number of nitrogen functional groups attached to an aromatic ring is 1. The number of hydrogen-bond donors (Lipinski definition) is 1. The fourth-order valence-corrected chi connectivity index (χ4v) is 1.90. The molecule has 2 aromatic heterocycles. The summed E-state index contributed by atoms with van der Waals surface area (Å²) in [4.78, 5) is 8.31. The molecule has 0 fully saturated rings. The molecule has 0 atom stereocenters. The van der Waals surface area contributed by atoms with Gasteiger partial charge in [0.2, 0.25) is 0 Å². The number of rotatable bonds is 3. The largest absolute Gasteiger partial charge is 0.497 e. The maximum absolute atomic E-state index is 5.82. The van der Waals surface area contributed by atoms with Gasteiger partial charge in [-0.15, -0.1) is 0 Å². The Hall–Kier alpha value is -2.82. The summed E-state index contributed by atoms with van der Waals surface area (Å²) in [6.45, 7) is 0. The van der Waals surface area contributed by atoms with Crippen LogP contribution >= 0.6 is 0 Å². The van der Waals surface area contributed by atoms with Crippen LogP contribution in [0.3, 0.4) is 0 Å². The van der Waals surface area contributed by atoms with Gasteiger partial charge < -0.3 is 15.2 Å². The van der Waals surface area contributed by atoms with Gasteiger partial charge in [0, 0.05) is 17.6 Å². The lowest BCUT2D eigenvalue weighted by Crippen LogP contribution is -1.92. The molecule has 0 aliphatic heterocycles. The molecule has 3 rings (SSSR count). The summed E-state index contributed by atoms with van der Waals surface area (Å²) in [6, 6.07) is 10.9. The summed E-state index contributed by atoms with van der Waals surface area (Å²) >= 11 is 0. The van der Waals surface area contributed by atoms with E-state index in [1.54, 1.807) is 31.6 Å². The molecule has 0 spiro atoms. The predicted molar refractivity (Wildman–Crippen MR) is 77.0 cm³/mol. The molecule has 0 radical (unpaired) electrons. The second kappa shape index (κ2) is 5.05. The second-order valence-electron chi connectivity index (χ2n) is 4.21. The highest BCUT2D eigenvalue weighted by Crippen LogP contribution is 2.30. The summed E-state index contributed by atoms with van der Waals surface area (Å²) in [5.74, 6) is 2.56. The molecule has 0 saturated carbocycles. The van der Waals surface area contributed by atoms with Gasteiger partial charge in [-0.2, -0.15) is 0 Å². The van der Waals surface area contributed by atoms with Gasteiger partial charge >= 0.3 is 0 Å². The smallest absolute Gasteiger partial charge is 0.145 e. The third-order valence-electron chi connectivity index (χ3n) is 2.90. The number of ether oxygens (including phenoxy) is 2. The van der Waals surface area contributed by atoms with Crippen LogP contribution in [0.15, 0.2) is 48.8 Å². The third-order valence-corrected chi connectivity index (χ3v) is 2.90. The molecule has 2 heterocycles. The van der Waals surface area contributed by atoms with Gasteiger partial charge in [-0.1, -0.05) is 0 Å². The fourth-order valence-electron chi connectivity index (χ4n) is 1.90. The van der Waals surface area contributed by atoms with Crippen molar-refractivity contribution in [2.45, 2.75) is 0 Å². The number of methoxy groups -OCH3 is 1. The highest BCUT2D eigenvalue weighted by atomic mass is 16.5. The molecule has 5 nitrogen and oxygen atoms in total. The first kappa shape index (κ1) is 12.2. The number of fused-ring (bicyclic) bond motifs is 1. The van der Waals surface area contributed by atoms with Crippen molar-refractivity contribution < 1.29 is 9.47 Å². The molecule has 2 N–H and O–H groups in total. The predicted octanol–water partition coefficient (Wildman–Crippen LogP) is 3.01. The number of hydrogen-bond acceptors (Lipinski definition) is 5. The highest BCUT2D eigenvalue weighted by Gasteiger charge is 2.06. The van der Waals surface area contributed by atoms with Crippen LogP contribution in [0.25, 0.3) is 10.9 Å². The van der Waals surface area contributed by atoms with E-state index in [2.05, 4.69) is 9.97 Å². The van der Waals surface area contributed by atoms with Gasteiger partial charge in [-0.3, -0.25) is 4.98 Å². The topological polar surface area (TPSA) is 70.3 Å². The SMILES string of the molecule is COc1ccc2c(Oc3ccc(N)nc3)ccnc2c1. The molecule has 0 bridgehead atoms. The minimum atomic E-state index is 0.460. The molecule has 0 unspecified atom stereocenters.